The van der Waals surface area contributed by atoms with Crippen LogP contribution < -0.4 is 11.2 Å². The molecule has 0 atom stereocenters. The number of aromatic nitrogens is 4. The average molecular weight is 345 g/mol. The number of hydrogen-bond acceptors (Lipinski definition) is 3. The lowest BCUT2D eigenvalue weighted by molar-refractivity contribution is 0.420. The summed E-state index contributed by atoms with van der Waals surface area (Å²) in [6.45, 7) is 0.580. The first-order valence-electron chi connectivity index (χ1n) is 8.10. The summed E-state index contributed by atoms with van der Waals surface area (Å²) in [7, 11) is 0. The second-order valence-corrected chi connectivity index (χ2v) is 6.70. The van der Waals surface area contributed by atoms with Gasteiger partial charge >= 0.3 is 11.2 Å². The quantitative estimate of drug-likeness (QED) is 0.733. The van der Waals surface area contributed by atoms with Gasteiger partial charge in [-0.05, 0) is 37.0 Å². The van der Waals surface area contributed by atoms with E-state index in [1.165, 1.54) is 26.5 Å². The fraction of sp³-hybridized carbons (Fsp3) is 0.353. The SMILES string of the molecule is O=c1c2nn(CC3CCCC3)c(=O)n2ccn1-c1cccc(Cl)c1. The largest absolute Gasteiger partial charge is 0.350 e. The third-order valence-corrected chi connectivity index (χ3v) is 4.87. The van der Waals surface area contributed by atoms with Crippen LogP contribution in [0.3, 0.4) is 0 Å². The molecule has 0 radical (unpaired) electrons. The molecular weight excluding hydrogens is 328 g/mol. The highest BCUT2D eigenvalue weighted by Gasteiger charge is 2.19. The van der Waals surface area contributed by atoms with Crippen molar-refractivity contribution in [2.24, 2.45) is 5.92 Å². The molecule has 24 heavy (non-hydrogen) atoms. The van der Waals surface area contributed by atoms with E-state index in [9.17, 15) is 9.59 Å². The van der Waals surface area contributed by atoms with Gasteiger partial charge in [-0.15, -0.1) is 5.10 Å². The molecule has 0 bridgehead atoms. The fourth-order valence-corrected chi connectivity index (χ4v) is 3.58. The molecule has 6 nitrogen and oxygen atoms in total. The minimum Gasteiger partial charge on any atom is -0.280 e. The van der Waals surface area contributed by atoms with Crippen molar-refractivity contribution in [3.05, 3.63) is 62.5 Å². The monoisotopic (exact) mass is 344 g/mol. The van der Waals surface area contributed by atoms with Crippen molar-refractivity contribution in [2.45, 2.75) is 32.2 Å². The van der Waals surface area contributed by atoms with Crippen LogP contribution >= 0.6 is 11.6 Å². The Morgan fingerprint density at radius 3 is 2.71 bits per heavy atom. The van der Waals surface area contributed by atoms with E-state index in [1.54, 1.807) is 36.7 Å². The molecule has 7 heteroatoms. The summed E-state index contributed by atoms with van der Waals surface area (Å²) in [5, 5.41) is 4.83. The van der Waals surface area contributed by atoms with E-state index in [0.29, 0.717) is 23.2 Å². The normalized spacial score (nSPS) is 15.4. The Hall–Kier alpha value is -2.34. The molecule has 1 aliphatic rings. The van der Waals surface area contributed by atoms with E-state index in [0.717, 1.165) is 12.8 Å². The number of fused-ring (bicyclic) bond motifs is 1. The summed E-state index contributed by atoms with van der Waals surface area (Å²) in [5.41, 5.74) is 0.197. The second-order valence-electron chi connectivity index (χ2n) is 6.26. The fourth-order valence-electron chi connectivity index (χ4n) is 3.39. The lowest BCUT2D eigenvalue weighted by Gasteiger charge is -2.06. The van der Waals surface area contributed by atoms with Crippen LogP contribution in [0.4, 0.5) is 0 Å². The molecule has 0 amide bonds. The van der Waals surface area contributed by atoms with Gasteiger partial charge in [-0.2, -0.15) is 0 Å². The second kappa shape index (κ2) is 5.94. The molecule has 2 heterocycles. The van der Waals surface area contributed by atoms with Crippen LogP contribution in [0.2, 0.25) is 5.02 Å². The summed E-state index contributed by atoms with van der Waals surface area (Å²) in [5.74, 6) is 0.475. The molecule has 1 saturated carbocycles. The third kappa shape index (κ3) is 2.57. The van der Waals surface area contributed by atoms with Crippen LogP contribution in [0.25, 0.3) is 11.3 Å². The summed E-state index contributed by atoms with van der Waals surface area (Å²) in [6, 6.07) is 7.01. The van der Waals surface area contributed by atoms with Gasteiger partial charge in [0, 0.05) is 24.0 Å². The molecule has 0 spiro atoms. The van der Waals surface area contributed by atoms with Crippen molar-refractivity contribution in [1.82, 2.24) is 18.7 Å². The van der Waals surface area contributed by atoms with Gasteiger partial charge in [-0.1, -0.05) is 30.5 Å². The van der Waals surface area contributed by atoms with Crippen LogP contribution in [0.5, 0.6) is 0 Å². The number of nitrogens with zero attached hydrogens (tertiary/aromatic N) is 4. The van der Waals surface area contributed by atoms with Gasteiger partial charge in [0.15, 0.2) is 0 Å². The van der Waals surface area contributed by atoms with Gasteiger partial charge in [0.25, 0.3) is 0 Å². The lowest BCUT2D eigenvalue weighted by Crippen LogP contribution is -2.25. The van der Waals surface area contributed by atoms with Crippen LogP contribution in [0, 0.1) is 5.92 Å². The zero-order valence-electron chi connectivity index (χ0n) is 13.1. The first kappa shape index (κ1) is 15.2. The number of benzene rings is 1. The third-order valence-electron chi connectivity index (χ3n) is 4.64. The van der Waals surface area contributed by atoms with Crippen molar-refractivity contribution in [3.8, 4) is 5.69 Å². The van der Waals surface area contributed by atoms with Gasteiger partial charge in [0.2, 0.25) is 5.65 Å². The predicted octanol–water partition coefficient (Wildman–Crippen LogP) is 2.49. The van der Waals surface area contributed by atoms with E-state index in [2.05, 4.69) is 5.10 Å². The van der Waals surface area contributed by atoms with Crippen LogP contribution in [-0.2, 0) is 6.54 Å². The molecular formula is C17H17ClN4O2. The zero-order valence-corrected chi connectivity index (χ0v) is 13.8. The smallest absolute Gasteiger partial charge is 0.280 e. The van der Waals surface area contributed by atoms with Gasteiger partial charge < -0.3 is 0 Å². The van der Waals surface area contributed by atoms with Crippen molar-refractivity contribution in [3.63, 3.8) is 0 Å². The topological polar surface area (TPSA) is 61.3 Å². The highest BCUT2D eigenvalue weighted by molar-refractivity contribution is 6.30. The highest BCUT2D eigenvalue weighted by atomic mass is 35.5. The predicted molar refractivity (Wildman–Crippen MR) is 92.0 cm³/mol. The molecule has 0 aliphatic heterocycles. The molecule has 1 aliphatic carbocycles. The van der Waals surface area contributed by atoms with E-state index in [-0.39, 0.29) is 16.9 Å². The Labute approximate surface area is 142 Å². The van der Waals surface area contributed by atoms with Crippen molar-refractivity contribution in [1.29, 1.82) is 0 Å². The molecule has 4 rings (SSSR count). The maximum atomic E-state index is 12.7. The Kier molecular flexibility index (Phi) is 3.76. The first-order chi connectivity index (χ1) is 11.6. The van der Waals surface area contributed by atoms with Gasteiger partial charge in [-0.3, -0.25) is 9.36 Å². The lowest BCUT2D eigenvalue weighted by atomic mass is 10.1. The van der Waals surface area contributed by atoms with E-state index < -0.39 is 0 Å². The molecule has 3 aromatic rings. The molecule has 0 unspecified atom stereocenters. The van der Waals surface area contributed by atoms with Crippen molar-refractivity contribution in [2.75, 3.05) is 0 Å². The number of rotatable bonds is 3. The summed E-state index contributed by atoms with van der Waals surface area (Å²) in [4.78, 5) is 25.2. The minimum absolute atomic E-state index is 0.139. The van der Waals surface area contributed by atoms with E-state index >= 15 is 0 Å². The molecule has 2 aromatic heterocycles. The van der Waals surface area contributed by atoms with E-state index in [1.807, 2.05) is 0 Å². The van der Waals surface area contributed by atoms with Crippen LogP contribution in [0.1, 0.15) is 25.7 Å². The van der Waals surface area contributed by atoms with Crippen molar-refractivity contribution >= 4 is 17.2 Å². The highest BCUT2D eigenvalue weighted by Crippen LogP contribution is 2.25. The molecule has 1 fully saturated rings. The Balaban J connectivity index is 1.81. The molecule has 1 aromatic carbocycles. The zero-order chi connectivity index (χ0) is 16.7. The molecule has 0 N–H and O–H groups in total. The van der Waals surface area contributed by atoms with Gasteiger partial charge in [0.1, 0.15) is 0 Å². The Morgan fingerprint density at radius 2 is 1.96 bits per heavy atom. The number of halogens is 1. The van der Waals surface area contributed by atoms with Gasteiger partial charge in [-0.25, -0.2) is 13.9 Å². The van der Waals surface area contributed by atoms with Crippen molar-refractivity contribution < 1.29 is 0 Å². The minimum atomic E-state index is -0.331. The van der Waals surface area contributed by atoms with Crippen LogP contribution in [0.15, 0.2) is 46.2 Å². The standard InChI is InChI=1S/C17H17ClN4O2/c18-13-6-3-7-14(10-13)20-8-9-21-15(16(20)23)19-22(17(21)24)11-12-4-1-2-5-12/h3,6-10,12H,1-2,4-5,11H2. The summed E-state index contributed by atoms with van der Waals surface area (Å²) < 4.78 is 4.20. The summed E-state index contributed by atoms with van der Waals surface area (Å²) in [6.07, 6.45) is 7.80. The molecule has 124 valence electrons. The molecule has 0 saturated heterocycles. The van der Waals surface area contributed by atoms with Crippen LogP contribution in [-0.4, -0.2) is 18.7 Å². The summed E-state index contributed by atoms with van der Waals surface area (Å²) >= 11 is 6.00. The van der Waals surface area contributed by atoms with E-state index in [4.69, 9.17) is 11.6 Å². The Morgan fingerprint density at radius 1 is 1.17 bits per heavy atom. The maximum Gasteiger partial charge on any atom is 0.350 e. The average Bonchev–Trinajstić information content (AvgIpc) is 3.18. The Bertz CT molecular complexity index is 1010. The van der Waals surface area contributed by atoms with Gasteiger partial charge in [0.05, 0.1) is 5.69 Å². The first-order valence-corrected chi connectivity index (χ1v) is 8.48. The number of hydrogen-bond donors (Lipinski definition) is 0. The maximum absolute atomic E-state index is 12.7.